The Bertz CT molecular complexity index is 521. The summed E-state index contributed by atoms with van der Waals surface area (Å²) in [6.07, 6.45) is 4.28. The second-order valence-electron chi connectivity index (χ2n) is 3.46. The quantitative estimate of drug-likeness (QED) is 0.576. The standard InChI is InChI=1S/C14H12N2/c15-14-6-2-5-13(11-14)4-1-3-12-7-9-16-10-8-12/h2,5-11H,3,15H2. The van der Waals surface area contributed by atoms with Gasteiger partial charge in [0.05, 0.1) is 0 Å². The molecular weight excluding hydrogens is 196 g/mol. The van der Waals surface area contributed by atoms with Crippen molar-refractivity contribution in [3.05, 3.63) is 59.9 Å². The first-order valence-corrected chi connectivity index (χ1v) is 5.08. The monoisotopic (exact) mass is 208 g/mol. The highest BCUT2D eigenvalue weighted by Crippen LogP contribution is 2.04. The summed E-state index contributed by atoms with van der Waals surface area (Å²) in [6.45, 7) is 0. The molecule has 0 amide bonds. The highest BCUT2D eigenvalue weighted by Gasteiger charge is 1.88. The molecule has 2 aromatic rings. The van der Waals surface area contributed by atoms with Crippen molar-refractivity contribution in [2.45, 2.75) is 6.42 Å². The number of benzene rings is 1. The molecule has 2 nitrogen and oxygen atoms in total. The van der Waals surface area contributed by atoms with Crippen molar-refractivity contribution in [3.8, 4) is 11.8 Å². The lowest BCUT2D eigenvalue weighted by molar-refractivity contribution is 1.24. The molecule has 0 saturated carbocycles. The van der Waals surface area contributed by atoms with Crippen LogP contribution in [0.15, 0.2) is 48.8 Å². The molecule has 2 N–H and O–H groups in total. The second kappa shape index (κ2) is 4.99. The normalized spacial score (nSPS) is 9.25. The molecule has 1 aromatic heterocycles. The fourth-order valence-electron chi connectivity index (χ4n) is 1.37. The van der Waals surface area contributed by atoms with E-state index in [2.05, 4.69) is 16.8 Å². The predicted molar refractivity (Wildman–Crippen MR) is 65.7 cm³/mol. The number of rotatable bonds is 1. The molecule has 0 atom stereocenters. The summed E-state index contributed by atoms with van der Waals surface area (Å²) in [5, 5.41) is 0. The minimum atomic E-state index is 0.733. The van der Waals surface area contributed by atoms with E-state index in [-0.39, 0.29) is 0 Å². The van der Waals surface area contributed by atoms with E-state index in [1.807, 2.05) is 36.4 Å². The lowest BCUT2D eigenvalue weighted by Gasteiger charge is -1.93. The Hall–Kier alpha value is -2.27. The van der Waals surface area contributed by atoms with Crippen LogP contribution in [0.25, 0.3) is 0 Å². The Kier molecular flexibility index (Phi) is 3.20. The fourth-order valence-corrected chi connectivity index (χ4v) is 1.37. The molecule has 0 spiro atoms. The van der Waals surface area contributed by atoms with Gasteiger partial charge in [-0.2, -0.15) is 0 Å². The lowest BCUT2D eigenvalue weighted by Crippen LogP contribution is -1.85. The average Bonchev–Trinajstić information content (AvgIpc) is 2.30. The molecule has 0 aliphatic heterocycles. The van der Waals surface area contributed by atoms with Crippen LogP contribution in [-0.2, 0) is 6.42 Å². The second-order valence-corrected chi connectivity index (χ2v) is 3.46. The summed E-state index contributed by atoms with van der Waals surface area (Å²) in [7, 11) is 0. The van der Waals surface area contributed by atoms with Gasteiger partial charge in [0.1, 0.15) is 0 Å². The van der Waals surface area contributed by atoms with Gasteiger partial charge in [0, 0.05) is 30.1 Å². The molecule has 0 aliphatic carbocycles. The van der Waals surface area contributed by atoms with Gasteiger partial charge in [-0.3, -0.25) is 4.98 Å². The van der Waals surface area contributed by atoms with E-state index in [0.29, 0.717) is 0 Å². The van der Waals surface area contributed by atoms with E-state index < -0.39 is 0 Å². The molecule has 0 saturated heterocycles. The summed E-state index contributed by atoms with van der Waals surface area (Å²) in [5.41, 5.74) is 8.54. The first-order chi connectivity index (χ1) is 7.84. The number of aromatic nitrogens is 1. The number of nitrogen functional groups attached to an aromatic ring is 1. The molecule has 2 rings (SSSR count). The third-order valence-electron chi connectivity index (χ3n) is 2.16. The molecule has 0 radical (unpaired) electrons. The zero-order chi connectivity index (χ0) is 11.2. The number of nitrogens with two attached hydrogens (primary N) is 1. The first kappa shape index (κ1) is 10.3. The molecule has 0 aliphatic rings. The van der Waals surface area contributed by atoms with Crippen LogP contribution in [-0.4, -0.2) is 4.98 Å². The van der Waals surface area contributed by atoms with Crippen LogP contribution in [0.2, 0.25) is 0 Å². The summed E-state index contributed by atoms with van der Waals surface area (Å²) in [4.78, 5) is 3.96. The van der Waals surface area contributed by atoms with E-state index in [0.717, 1.165) is 17.7 Å². The minimum absolute atomic E-state index is 0.733. The Labute approximate surface area is 95.1 Å². The van der Waals surface area contributed by atoms with Crippen LogP contribution in [0.3, 0.4) is 0 Å². The zero-order valence-corrected chi connectivity index (χ0v) is 8.85. The van der Waals surface area contributed by atoms with Crippen LogP contribution < -0.4 is 5.73 Å². The van der Waals surface area contributed by atoms with E-state index >= 15 is 0 Å². The van der Waals surface area contributed by atoms with Crippen molar-refractivity contribution in [2.75, 3.05) is 5.73 Å². The van der Waals surface area contributed by atoms with Gasteiger partial charge in [-0.05, 0) is 35.9 Å². The lowest BCUT2D eigenvalue weighted by atomic mass is 10.1. The molecular formula is C14H12N2. The highest BCUT2D eigenvalue weighted by molar-refractivity contribution is 5.47. The van der Waals surface area contributed by atoms with Gasteiger partial charge in [0.2, 0.25) is 0 Å². The van der Waals surface area contributed by atoms with Crippen molar-refractivity contribution in [2.24, 2.45) is 0 Å². The number of pyridine rings is 1. The SMILES string of the molecule is Nc1cccc(C#CCc2ccncc2)c1. The molecule has 16 heavy (non-hydrogen) atoms. The van der Waals surface area contributed by atoms with Crippen LogP contribution in [0.5, 0.6) is 0 Å². The first-order valence-electron chi connectivity index (χ1n) is 5.08. The van der Waals surface area contributed by atoms with E-state index in [1.165, 1.54) is 5.56 Å². The van der Waals surface area contributed by atoms with Gasteiger partial charge in [0.15, 0.2) is 0 Å². The molecule has 1 heterocycles. The van der Waals surface area contributed by atoms with Gasteiger partial charge in [-0.25, -0.2) is 0 Å². The smallest absolute Gasteiger partial charge is 0.0345 e. The van der Waals surface area contributed by atoms with Crippen molar-refractivity contribution in [3.63, 3.8) is 0 Å². The third kappa shape index (κ3) is 2.86. The van der Waals surface area contributed by atoms with E-state index in [4.69, 9.17) is 5.73 Å². The van der Waals surface area contributed by atoms with Gasteiger partial charge < -0.3 is 5.73 Å². The molecule has 0 unspecified atom stereocenters. The van der Waals surface area contributed by atoms with Crippen molar-refractivity contribution >= 4 is 5.69 Å². The molecule has 0 fully saturated rings. The Balaban J connectivity index is 2.06. The Morgan fingerprint density at radius 2 is 1.94 bits per heavy atom. The molecule has 0 bridgehead atoms. The minimum Gasteiger partial charge on any atom is -0.399 e. The Morgan fingerprint density at radius 1 is 1.12 bits per heavy atom. The van der Waals surface area contributed by atoms with Crippen LogP contribution in [0.4, 0.5) is 5.69 Å². The van der Waals surface area contributed by atoms with Crippen LogP contribution in [0.1, 0.15) is 11.1 Å². The van der Waals surface area contributed by atoms with Crippen molar-refractivity contribution in [1.82, 2.24) is 4.98 Å². The maximum atomic E-state index is 5.67. The van der Waals surface area contributed by atoms with Crippen LogP contribution >= 0.6 is 0 Å². The summed E-state index contributed by atoms with van der Waals surface area (Å²) in [6, 6.07) is 11.5. The van der Waals surface area contributed by atoms with Gasteiger partial charge in [-0.15, -0.1) is 0 Å². The maximum Gasteiger partial charge on any atom is 0.0345 e. The predicted octanol–water partition coefficient (Wildman–Crippen LogP) is 2.26. The van der Waals surface area contributed by atoms with Gasteiger partial charge in [-0.1, -0.05) is 17.9 Å². The summed E-state index contributed by atoms with van der Waals surface area (Å²) < 4.78 is 0. The molecule has 1 aromatic carbocycles. The average molecular weight is 208 g/mol. The Morgan fingerprint density at radius 3 is 2.69 bits per heavy atom. The number of nitrogens with zero attached hydrogens (tertiary/aromatic N) is 1. The van der Waals surface area contributed by atoms with Crippen molar-refractivity contribution < 1.29 is 0 Å². The van der Waals surface area contributed by atoms with E-state index in [1.54, 1.807) is 12.4 Å². The number of hydrogen-bond acceptors (Lipinski definition) is 2. The fraction of sp³-hybridized carbons (Fsp3) is 0.0714. The topological polar surface area (TPSA) is 38.9 Å². The van der Waals surface area contributed by atoms with Gasteiger partial charge >= 0.3 is 0 Å². The highest BCUT2D eigenvalue weighted by atomic mass is 14.6. The van der Waals surface area contributed by atoms with Gasteiger partial charge in [0.25, 0.3) is 0 Å². The number of hydrogen-bond donors (Lipinski definition) is 1. The van der Waals surface area contributed by atoms with Crippen LogP contribution in [0, 0.1) is 11.8 Å². The third-order valence-corrected chi connectivity index (χ3v) is 2.16. The summed E-state index contributed by atoms with van der Waals surface area (Å²) >= 11 is 0. The largest absolute Gasteiger partial charge is 0.399 e. The summed E-state index contributed by atoms with van der Waals surface area (Å²) in [5.74, 6) is 6.20. The molecule has 78 valence electrons. The zero-order valence-electron chi connectivity index (χ0n) is 8.85. The van der Waals surface area contributed by atoms with E-state index in [9.17, 15) is 0 Å². The maximum absolute atomic E-state index is 5.67. The molecule has 2 heteroatoms. The number of anilines is 1. The van der Waals surface area contributed by atoms with Crippen molar-refractivity contribution in [1.29, 1.82) is 0 Å².